The number of halogens is 2. The van der Waals surface area contributed by atoms with Gasteiger partial charge in [0, 0.05) is 34.3 Å². The minimum Gasteiger partial charge on any atom is -0.469 e. The molecule has 7 nitrogen and oxygen atoms in total. The number of thioether (sulfide) groups is 1. The Labute approximate surface area is 197 Å². The van der Waals surface area contributed by atoms with E-state index in [1.807, 2.05) is 22.8 Å². The van der Waals surface area contributed by atoms with Crippen LogP contribution < -0.4 is 5.73 Å². The zero-order valence-electron chi connectivity index (χ0n) is 17.3. The van der Waals surface area contributed by atoms with Crippen LogP contribution in [0.25, 0.3) is 5.69 Å². The zero-order chi connectivity index (χ0) is 22.7. The number of ether oxygens (including phenoxy) is 1. The lowest BCUT2D eigenvalue weighted by Gasteiger charge is -2.14. The Bertz CT molecular complexity index is 1180. The van der Waals surface area contributed by atoms with Crippen molar-refractivity contribution in [1.29, 1.82) is 0 Å². The number of benzene rings is 2. The molecule has 0 amide bonds. The Morgan fingerprint density at radius 2 is 2.06 bits per heavy atom. The maximum absolute atomic E-state index is 14.9. The van der Waals surface area contributed by atoms with Crippen molar-refractivity contribution >= 4 is 39.4 Å². The maximum atomic E-state index is 14.9. The van der Waals surface area contributed by atoms with Crippen LogP contribution >= 0.6 is 27.7 Å². The summed E-state index contributed by atoms with van der Waals surface area (Å²) in [7, 11) is 1.35. The standard InChI is InChI=1S/C22H21BrFN5O2S/c1-31-19(30)9-7-17-21-27-28-22(32-11-10-25)29(21)18-8-6-13(23)12-15(18)20(26-17)14-4-2-3-5-16(14)24/h2-6,8,12,17H,7,9-11,25H2,1H3/t17-/m0/s1. The summed E-state index contributed by atoms with van der Waals surface area (Å²) in [4.78, 5) is 16.8. The number of hydrogen-bond acceptors (Lipinski definition) is 7. The highest BCUT2D eigenvalue weighted by Gasteiger charge is 2.30. The Hall–Kier alpha value is -2.56. The monoisotopic (exact) mass is 517 g/mol. The third-order valence-electron chi connectivity index (χ3n) is 5.02. The number of hydrogen-bond donors (Lipinski definition) is 1. The summed E-state index contributed by atoms with van der Waals surface area (Å²) < 4.78 is 22.5. The maximum Gasteiger partial charge on any atom is 0.305 e. The highest BCUT2D eigenvalue weighted by Crippen LogP contribution is 2.36. The van der Waals surface area contributed by atoms with Gasteiger partial charge in [-0.15, -0.1) is 10.2 Å². The molecule has 166 valence electrons. The van der Waals surface area contributed by atoms with Crippen LogP contribution in [-0.2, 0) is 9.53 Å². The van der Waals surface area contributed by atoms with Gasteiger partial charge in [0.15, 0.2) is 11.0 Å². The van der Waals surface area contributed by atoms with Crippen LogP contribution in [0.15, 0.2) is 57.1 Å². The third-order valence-corrected chi connectivity index (χ3v) is 6.48. The lowest BCUT2D eigenvalue weighted by molar-refractivity contribution is -0.140. The van der Waals surface area contributed by atoms with E-state index in [0.29, 0.717) is 41.0 Å². The first-order chi connectivity index (χ1) is 15.5. The van der Waals surface area contributed by atoms with Crippen LogP contribution in [-0.4, -0.2) is 45.9 Å². The lowest BCUT2D eigenvalue weighted by Crippen LogP contribution is -2.10. The van der Waals surface area contributed by atoms with Crippen LogP contribution in [0.3, 0.4) is 0 Å². The van der Waals surface area contributed by atoms with Crippen molar-refractivity contribution < 1.29 is 13.9 Å². The fraction of sp³-hybridized carbons (Fsp3) is 0.273. The molecule has 2 aromatic carbocycles. The molecule has 1 aromatic heterocycles. The summed E-state index contributed by atoms with van der Waals surface area (Å²) in [6.07, 6.45) is 0.493. The SMILES string of the molecule is COC(=O)CC[C@@H]1N=C(c2ccccc2F)c2cc(Br)ccc2-n2c(SCCN)nnc21. The summed E-state index contributed by atoms with van der Waals surface area (Å²) >= 11 is 5.01. The number of rotatable bonds is 7. The van der Waals surface area contributed by atoms with E-state index >= 15 is 0 Å². The molecule has 0 saturated heterocycles. The van der Waals surface area contributed by atoms with Crippen molar-refractivity contribution in [2.75, 3.05) is 19.4 Å². The number of fused-ring (bicyclic) bond motifs is 3. The van der Waals surface area contributed by atoms with Gasteiger partial charge in [0.25, 0.3) is 0 Å². The average molecular weight is 518 g/mol. The molecule has 0 radical (unpaired) electrons. The van der Waals surface area contributed by atoms with Crippen molar-refractivity contribution in [3.8, 4) is 5.69 Å². The van der Waals surface area contributed by atoms with Gasteiger partial charge in [0.2, 0.25) is 0 Å². The second-order valence-corrected chi connectivity index (χ2v) is 9.04. The summed E-state index contributed by atoms with van der Waals surface area (Å²) in [5.41, 5.74) is 8.10. The molecule has 0 saturated carbocycles. The molecule has 0 bridgehead atoms. The number of aliphatic imine (C=N–C) groups is 1. The Kier molecular flexibility index (Phi) is 7.02. The van der Waals surface area contributed by atoms with Gasteiger partial charge in [-0.1, -0.05) is 39.8 Å². The largest absolute Gasteiger partial charge is 0.469 e. The number of methoxy groups -OCH3 is 1. The summed E-state index contributed by atoms with van der Waals surface area (Å²) in [5.74, 6) is 0.529. The van der Waals surface area contributed by atoms with Crippen LogP contribution in [0.5, 0.6) is 0 Å². The van der Waals surface area contributed by atoms with E-state index in [1.54, 1.807) is 18.2 Å². The van der Waals surface area contributed by atoms with E-state index in [2.05, 4.69) is 26.1 Å². The molecule has 1 aliphatic heterocycles. The molecule has 0 fully saturated rings. The second kappa shape index (κ2) is 9.93. The van der Waals surface area contributed by atoms with Crippen LogP contribution in [0.1, 0.15) is 35.8 Å². The molecule has 4 rings (SSSR count). The van der Waals surface area contributed by atoms with E-state index in [1.165, 1.54) is 24.9 Å². The molecule has 0 spiro atoms. The molecule has 1 aliphatic rings. The Morgan fingerprint density at radius 1 is 1.25 bits per heavy atom. The fourth-order valence-electron chi connectivity index (χ4n) is 3.56. The molecule has 32 heavy (non-hydrogen) atoms. The first-order valence-electron chi connectivity index (χ1n) is 10.0. The van der Waals surface area contributed by atoms with E-state index in [4.69, 9.17) is 15.5 Å². The van der Waals surface area contributed by atoms with E-state index in [9.17, 15) is 9.18 Å². The zero-order valence-corrected chi connectivity index (χ0v) is 19.7. The van der Waals surface area contributed by atoms with Gasteiger partial charge < -0.3 is 10.5 Å². The highest BCUT2D eigenvalue weighted by molar-refractivity contribution is 9.10. The normalized spacial score (nSPS) is 14.9. The average Bonchev–Trinajstić information content (AvgIpc) is 3.16. The van der Waals surface area contributed by atoms with Gasteiger partial charge in [-0.3, -0.25) is 14.4 Å². The van der Waals surface area contributed by atoms with Crippen LogP contribution in [0.4, 0.5) is 4.39 Å². The topological polar surface area (TPSA) is 95.4 Å². The van der Waals surface area contributed by atoms with Gasteiger partial charge in [-0.25, -0.2) is 4.39 Å². The molecule has 10 heteroatoms. The lowest BCUT2D eigenvalue weighted by atomic mass is 10.00. The molecule has 1 atom stereocenters. The van der Waals surface area contributed by atoms with Crippen molar-refractivity contribution in [2.24, 2.45) is 10.7 Å². The molecule has 2 N–H and O–H groups in total. The molecule has 0 unspecified atom stereocenters. The molecule has 0 aliphatic carbocycles. The summed E-state index contributed by atoms with van der Waals surface area (Å²) in [6.45, 7) is 0.489. The molecule has 2 heterocycles. The molecule has 3 aromatic rings. The van der Waals surface area contributed by atoms with Crippen LogP contribution in [0, 0.1) is 5.82 Å². The highest BCUT2D eigenvalue weighted by atomic mass is 79.9. The number of carbonyl (C=O) groups excluding carboxylic acids is 1. The first-order valence-corrected chi connectivity index (χ1v) is 11.8. The number of aromatic nitrogens is 3. The quantitative estimate of drug-likeness (QED) is 0.375. The number of nitrogens with zero attached hydrogens (tertiary/aromatic N) is 4. The van der Waals surface area contributed by atoms with Crippen molar-refractivity contribution in [3.63, 3.8) is 0 Å². The predicted molar refractivity (Wildman–Crippen MR) is 125 cm³/mol. The smallest absolute Gasteiger partial charge is 0.305 e. The van der Waals surface area contributed by atoms with Gasteiger partial charge in [-0.2, -0.15) is 0 Å². The van der Waals surface area contributed by atoms with Gasteiger partial charge >= 0.3 is 5.97 Å². The minimum absolute atomic E-state index is 0.146. The van der Waals surface area contributed by atoms with E-state index in [-0.39, 0.29) is 18.2 Å². The third kappa shape index (κ3) is 4.48. The van der Waals surface area contributed by atoms with Gasteiger partial charge in [0.05, 0.1) is 18.5 Å². The van der Waals surface area contributed by atoms with Crippen molar-refractivity contribution in [3.05, 3.63) is 69.7 Å². The predicted octanol–water partition coefficient (Wildman–Crippen LogP) is 4.07. The Morgan fingerprint density at radius 3 is 2.81 bits per heavy atom. The van der Waals surface area contributed by atoms with Gasteiger partial charge in [0.1, 0.15) is 11.9 Å². The number of carbonyl (C=O) groups is 1. The summed E-state index contributed by atoms with van der Waals surface area (Å²) in [6, 6.07) is 11.8. The van der Waals surface area contributed by atoms with E-state index in [0.717, 1.165) is 15.7 Å². The Balaban J connectivity index is 1.94. The van der Waals surface area contributed by atoms with Crippen molar-refractivity contribution in [2.45, 2.75) is 24.0 Å². The molecular weight excluding hydrogens is 497 g/mol. The number of esters is 1. The summed E-state index contributed by atoms with van der Waals surface area (Å²) in [5, 5.41) is 9.44. The fourth-order valence-corrected chi connectivity index (χ4v) is 4.64. The second-order valence-electron chi connectivity index (χ2n) is 7.06. The minimum atomic E-state index is -0.519. The van der Waals surface area contributed by atoms with E-state index < -0.39 is 6.04 Å². The van der Waals surface area contributed by atoms with Crippen molar-refractivity contribution in [1.82, 2.24) is 14.8 Å². The van der Waals surface area contributed by atoms with Crippen LogP contribution in [0.2, 0.25) is 0 Å². The number of nitrogens with two attached hydrogens (primary N) is 1. The first kappa shape index (κ1) is 22.6. The molecular formula is C22H21BrFN5O2S. The van der Waals surface area contributed by atoms with Gasteiger partial charge in [-0.05, 0) is 36.8 Å².